The number of rotatable bonds is 5. The highest BCUT2D eigenvalue weighted by atomic mass is 16.3. The zero-order valence-electron chi connectivity index (χ0n) is 14.1. The van der Waals surface area contributed by atoms with Crippen molar-refractivity contribution in [3.63, 3.8) is 0 Å². The zero-order chi connectivity index (χ0) is 16.3. The summed E-state index contributed by atoms with van der Waals surface area (Å²) in [5.74, 6) is 0.561. The minimum atomic E-state index is -0.268. The van der Waals surface area contributed by atoms with E-state index in [1.165, 1.54) is 11.1 Å². The molecular weight excluding hydrogens is 276 g/mol. The number of aliphatic hydroxyl groups excluding tert-OH is 1. The van der Waals surface area contributed by atoms with Crippen molar-refractivity contribution >= 4 is 6.03 Å². The van der Waals surface area contributed by atoms with Crippen molar-refractivity contribution in [2.45, 2.75) is 45.6 Å². The van der Waals surface area contributed by atoms with Crippen LogP contribution in [0.2, 0.25) is 0 Å². The van der Waals surface area contributed by atoms with Crippen LogP contribution >= 0.6 is 0 Å². The predicted molar refractivity (Wildman–Crippen MR) is 89.0 cm³/mol. The highest BCUT2D eigenvalue weighted by Crippen LogP contribution is 2.38. The number of hydrogen-bond donors (Lipinski definition) is 2. The van der Waals surface area contributed by atoms with Gasteiger partial charge in [0.1, 0.15) is 0 Å². The molecule has 1 aliphatic rings. The van der Waals surface area contributed by atoms with Crippen molar-refractivity contribution in [1.29, 1.82) is 0 Å². The molecule has 4 nitrogen and oxygen atoms in total. The van der Waals surface area contributed by atoms with Crippen molar-refractivity contribution in [2.24, 2.45) is 5.41 Å². The average Bonchev–Trinajstić information content (AvgIpc) is 2.43. The van der Waals surface area contributed by atoms with Gasteiger partial charge < -0.3 is 15.3 Å². The van der Waals surface area contributed by atoms with E-state index in [9.17, 15) is 9.90 Å². The number of nitrogens with zero attached hydrogens (tertiary/aromatic N) is 1. The van der Waals surface area contributed by atoms with E-state index < -0.39 is 0 Å². The Morgan fingerprint density at radius 3 is 2.59 bits per heavy atom. The lowest BCUT2D eigenvalue weighted by molar-refractivity contribution is 0.118. The molecule has 1 aromatic carbocycles. The second-order valence-electron chi connectivity index (χ2n) is 7.35. The first-order chi connectivity index (χ1) is 10.3. The average molecular weight is 304 g/mol. The Bertz CT molecular complexity index is 522. The van der Waals surface area contributed by atoms with E-state index in [4.69, 9.17) is 0 Å². The first kappa shape index (κ1) is 16.8. The summed E-state index contributed by atoms with van der Waals surface area (Å²) in [5, 5.41) is 12.4. The van der Waals surface area contributed by atoms with Crippen LogP contribution in [-0.4, -0.2) is 42.3 Å². The molecule has 2 N–H and O–H groups in total. The maximum absolute atomic E-state index is 12.2. The monoisotopic (exact) mass is 304 g/mol. The number of aliphatic hydroxyl groups is 1. The molecule has 2 amide bonds. The zero-order valence-corrected chi connectivity index (χ0v) is 14.1. The predicted octanol–water partition coefficient (Wildman–Crippen LogP) is 2.90. The van der Waals surface area contributed by atoms with Crippen molar-refractivity contribution in [3.8, 4) is 0 Å². The van der Waals surface area contributed by atoms with Crippen LogP contribution in [0.25, 0.3) is 0 Å². The summed E-state index contributed by atoms with van der Waals surface area (Å²) in [4.78, 5) is 13.8. The van der Waals surface area contributed by atoms with Gasteiger partial charge in [0, 0.05) is 31.7 Å². The molecule has 0 saturated heterocycles. The molecule has 1 fully saturated rings. The summed E-state index contributed by atoms with van der Waals surface area (Å²) in [6, 6.07) is 8.69. The molecule has 0 radical (unpaired) electrons. The second-order valence-corrected chi connectivity index (χ2v) is 7.35. The normalized spacial score (nSPS) is 21.1. The molecule has 122 valence electrons. The lowest BCUT2D eigenvalue weighted by atomic mass is 9.74. The highest BCUT2D eigenvalue weighted by Gasteiger charge is 2.33. The van der Waals surface area contributed by atoms with Gasteiger partial charge in [-0.25, -0.2) is 4.79 Å². The van der Waals surface area contributed by atoms with Crippen molar-refractivity contribution < 1.29 is 9.90 Å². The van der Waals surface area contributed by atoms with Gasteiger partial charge in [-0.1, -0.05) is 38.1 Å². The highest BCUT2D eigenvalue weighted by molar-refractivity contribution is 5.74. The number of amides is 2. The Balaban J connectivity index is 1.80. The third-order valence-electron chi connectivity index (χ3n) is 4.53. The lowest BCUT2D eigenvalue weighted by Gasteiger charge is -2.38. The largest absolute Gasteiger partial charge is 0.396 e. The van der Waals surface area contributed by atoms with Gasteiger partial charge in [-0.3, -0.25) is 0 Å². The topological polar surface area (TPSA) is 52.6 Å². The maximum atomic E-state index is 12.2. The van der Waals surface area contributed by atoms with Crippen LogP contribution in [-0.2, 0) is 0 Å². The minimum absolute atomic E-state index is 0.0465. The van der Waals surface area contributed by atoms with Gasteiger partial charge >= 0.3 is 6.03 Å². The fraction of sp³-hybridized carbons (Fsp3) is 0.611. The standard InChI is InChI=1S/C18H28N2O2/c1-13-7-5-6-8-16(13)14-9-15(10-14)19-17(22)20(4)11-18(2,3)12-21/h5-8,14-15,21H,9-12H2,1-4H3,(H,19,22). The molecular formula is C18H28N2O2. The fourth-order valence-electron chi connectivity index (χ4n) is 3.08. The molecule has 22 heavy (non-hydrogen) atoms. The quantitative estimate of drug-likeness (QED) is 0.879. The third kappa shape index (κ3) is 4.01. The first-order valence-electron chi connectivity index (χ1n) is 8.00. The smallest absolute Gasteiger partial charge is 0.317 e. The number of carbonyl (C=O) groups is 1. The van der Waals surface area contributed by atoms with Crippen LogP contribution in [0.3, 0.4) is 0 Å². The molecule has 4 heteroatoms. The van der Waals surface area contributed by atoms with E-state index in [0.717, 1.165) is 12.8 Å². The molecule has 0 unspecified atom stereocenters. The van der Waals surface area contributed by atoms with E-state index in [1.807, 2.05) is 13.8 Å². The summed E-state index contributed by atoms with van der Waals surface area (Å²) < 4.78 is 0. The SMILES string of the molecule is Cc1ccccc1C1CC(NC(=O)N(C)CC(C)(C)CO)C1. The van der Waals surface area contributed by atoms with Crippen molar-refractivity contribution in [1.82, 2.24) is 10.2 Å². The van der Waals surface area contributed by atoms with Crippen molar-refractivity contribution in [3.05, 3.63) is 35.4 Å². The Hall–Kier alpha value is -1.55. The number of nitrogens with one attached hydrogen (secondary N) is 1. The van der Waals surface area contributed by atoms with Crippen molar-refractivity contribution in [2.75, 3.05) is 20.2 Å². The van der Waals surface area contributed by atoms with Gasteiger partial charge in [0.2, 0.25) is 0 Å². The maximum Gasteiger partial charge on any atom is 0.317 e. The summed E-state index contributed by atoms with van der Waals surface area (Å²) in [6.07, 6.45) is 2.02. The Morgan fingerprint density at radius 2 is 2.00 bits per heavy atom. The summed E-state index contributed by atoms with van der Waals surface area (Å²) >= 11 is 0. The summed E-state index contributed by atoms with van der Waals surface area (Å²) in [7, 11) is 1.78. The summed E-state index contributed by atoms with van der Waals surface area (Å²) in [6.45, 7) is 6.67. The summed E-state index contributed by atoms with van der Waals surface area (Å²) in [5.41, 5.74) is 2.47. The Labute approximate surface area is 133 Å². The molecule has 1 aliphatic carbocycles. The third-order valence-corrected chi connectivity index (χ3v) is 4.53. The number of hydrogen-bond acceptors (Lipinski definition) is 2. The van der Waals surface area contributed by atoms with Crippen LogP contribution in [0.15, 0.2) is 24.3 Å². The van der Waals surface area contributed by atoms with Gasteiger partial charge in [0.15, 0.2) is 0 Å². The van der Waals surface area contributed by atoms with Gasteiger partial charge in [0.25, 0.3) is 0 Å². The van der Waals surface area contributed by atoms with E-state index >= 15 is 0 Å². The number of carbonyl (C=O) groups excluding carboxylic acids is 1. The molecule has 0 heterocycles. The Kier molecular flexibility index (Phi) is 5.12. The molecule has 0 atom stereocenters. The van der Waals surface area contributed by atoms with Crippen LogP contribution in [0.4, 0.5) is 4.79 Å². The fourth-order valence-corrected chi connectivity index (χ4v) is 3.08. The van der Waals surface area contributed by atoms with Gasteiger partial charge in [-0.05, 0) is 36.8 Å². The van der Waals surface area contributed by atoms with E-state index in [-0.39, 0.29) is 24.1 Å². The van der Waals surface area contributed by atoms with Gasteiger partial charge in [-0.15, -0.1) is 0 Å². The number of aryl methyl sites for hydroxylation is 1. The van der Waals surface area contributed by atoms with Crippen LogP contribution in [0.1, 0.15) is 43.7 Å². The second kappa shape index (κ2) is 6.69. The number of benzene rings is 1. The lowest BCUT2D eigenvalue weighted by Crippen LogP contribution is -2.50. The van der Waals surface area contributed by atoms with Crippen LogP contribution in [0.5, 0.6) is 0 Å². The van der Waals surface area contributed by atoms with E-state index in [0.29, 0.717) is 12.5 Å². The van der Waals surface area contributed by atoms with Crippen LogP contribution < -0.4 is 5.32 Å². The molecule has 1 aromatic rings. The molecule has 0 bridgehead atoms. The first-order valence-corrected chi connectivity index (χ1v) is 8.00. The molecule has 0 aliphatic heterocycles. The van der Waals surface area contributed by atoms with Gasteiger partial charge in [0.05, 0.1) is 0 Å². The molecule has 2 rings (SSSR count). The number of urea groups is 1. The molecule has 0 aromatic heterocycles. The molecule has 0 spiro atoms. The molecule has 1 saturated carbocycles. The van der Waals surface area contributed by atoms with Crippen LogP contribution in [0, 0.1) is 12.3 Å². The van der Waals surface area contributed by atoms with Gasteiger partial charge in [-0.2, -0.15) is 0 Å². The van der Waals surface area contributed by atoms with E-state index in [1.54, 1.807) is 11.9 Å². The Morgan fingerprint density at radius 1 is 1.36 bits per heavy atom. The van der Waals surface area contributed by atoms with E-state index in [2.05, 4.69) is 36.5 Å². The minimum Gasteiger partial charge on any atom is -0.396 e.